The van der Waals surface area contributed by atoms with Crippen LogP contribution in [0.1, 0.15) is 12.5 Å². The van der Waals surface area contributed by atoms with E-state index < -0.39 is 0 Å². The zero-order valence-electron chi connectivity index (χ0n) is 7.91. The Labute approximate surface area is 82.3 Å². The highest BCUT2D eigenvalue weighted by atomic mass is 16.2. The molecule has 0 heterocycles. The molecule has 0 aliphatic rings. The number of rotatable bonds is 2. The van der Waals surface area contributed by atoms with E-state index in [0.29, 0.717) is 0 Å². The number of hydrogen-bond acceptors (Lipinski definition) is 2. The predicted octanol–water partition coefficient (Wildman–Crippen LogP) is 0.396. The molecule has 74 valence electrons. The average Bonchev–Trinajstić information content (AvgIpc) is 2.16. The Hall–Kier alpha value is -1.84. The summed E-state index contributed by atoms with van der Waals surface area (Å²) >= 11 is 0. The molecule has 1 rings (SSSR count). The number of carbonyl (C=O) groups excluding carboxylic acids is 2. The van der Waals surface area contributed by atoms with Gasteiger partial charge >= 0.3 is 0 Å². The first kappa shape index (κ1) is 10.2. The lowest BCUT2D eigenvalue weighted by Gasteiger charge is -2.04. The van der Waals surface area contributed by atoms with Crippen molar-refractivity contribution in [1.29, 1.82) is 0 Å². The second-order valence-electron chi connectivity index (χ2n) is 2.89. The van der Waals surface area contributed by atoms with Gasteiger partial charge in [0, 0.05) is 6.92 Å². The average molecular weight is 192 g/mol. The van der Waals surface area contributed by atoms with E-state index in [0.717, 1.165) is 5.56 Å². The molecule has 0 fully saturated rings. The Morgan fingerprint density at radius 2 is 1.79 bits per heavy atom. The predicted molar refractivity (Wildman–Crippen MR) is 52.1 cm³/mol. The van der Waals surface area contributed by atoms with Crippen LogP contribution in [0, 0.1) is 0 Å². The van der Waals surface area contributed by atoms with Gasteiger partial charge in [-0.1, -0.05) is 30.3 Å². The maximum atomic E-state index is 11.2. The van der Waals surface area contributed by atoms with E-state index in [-0.39, 0.29) is 18.2 Å². The van der Waals surface area contributed by atoms with E-state index in [4.69, 9.17) is 0 Å². The normalized spacial score (nSPS) is 9.21. The third-order valence-electron chi connectivity index (χ3n) is 1.59. The Balaban J connectivity index is 2.38. The van der Waals surface area contributed by atoms with E-state index in [1.54, 1.807) is 0 Å². The van der Waals surface area contributed by atoms with Crippen molar-refractivity contribution in [3.05, 3.63) is 35.9 Å². The highest BCUT2D eigenvalue weighted by Gasteiger charge is 2.01. The van der Waals surface area contributed by atoms with Crippen LogP contribution in [-0.4, -0.2) is 11.8 Å². The fourth-order valence-corrected chi connectivity index (χ4v) is 0.983. The molecule has 0 bridgehead atoms. The number of hydrazine groups is 1. The van der Waals surface area contributed by atoms with Crippen LogP contribution in [0.2, 0.25) is 0 Å². The number of carbonyl (C=O) groups is 2. The van der Waals surface area contributed by atoms with Gasteiger partial charge in [-0.05, 0) is 5.56 Å². The molecule has 0 radical (unpaired) electrons. The Morgan fingerprint density at radius 3 is 2.36 bits per heavy atom. The molecule has 1 aromatic rings. The summed E-state index contributed by atoms with van der Waals surface area (Å²) in [6.07, 6.45) is 0.265. The first-order valence-corrected chi connectivity index (χ1v) is 4.28. The summed E-state index contributed by atoms with van der Waals surface area (Å²) in [6, 6.07) is 9.32. The quantitative estimate of drug-likeness (QED) is 0.666. The number of benzene rings is 1. The Morgan fingerprint density at radius 1 is 1.14 bits per heavy atom. The summed E-state index contributed by atoms with van der Waals surface area (Å²) < 4.78 is 0. The van der Waals surface area contributed by atoms with E-state index in [2.05, 4.69) is 10.9 Å². The third kappa shape index (κ3) is 3.71. The zero-order chi connectivity index (χ0) is 10.4. The van der Waals surface area contributed by atoms with Crippen LogP contribution in [0.5, 0.6) is 0 Å². The monoisotopic (exact) mass is 192 g/mol. The van der Waals surface area contributed by atoms with Crippen molar-refractivity contribution in [2.24, 2.45) is 0 Å². The molecule has 0 atom stereocenters. The second kappa shape index (κ2) is 5.01. The van der Waals surface area contributed by atoms with Crippen molar-refractivity contribution in [3.8, 4) is 0 Å². The van der Waals surface area contributed by atoms with Gasteiger partial charge in [-0.3, -0.25) is 20.4 Å². The van der Waals surface area contributed by atoms with Crippen molar-refractivity contribution < 1.29 is 9.59 Å². The first-order chi connectivity index (χ1) is 6.68. The standard InChI is InChI=1S/C10H12N2O2/c1-8(13)11-12-10(14)7-9-5-3-2-4-6-9/h2-6H,7H2,1H3,(H,11,13)(H,12,14). The van der Waals surface area contributed by atoms with Gasteiger partial charge in [0.1, 0.15) is 0 Å². The lowest BCUT2D eigenvalue weighted by atomic mass is 10.1. The molecule has 0 aliphatic carbocycles. The topological polar surface area (TPSA) is 58.2 Å². The minimum Gasteiger partial charge on any atom is -0.274 e. The van der Waals surface area contributed by atoms with E-state index in [1.807, 2.05) is 30.3 Å². The summed E-state index contributed by atoms with van der Waals surface area (Å²) in [4.78, 5) is 21.7. The summed E-state index contributed by atoms with van der Waals surface area (Å²) in [7, 11) is 0. The summed E-state index contributed by atoms with van der Waals surface area (Å²) in [5, 5.41) is 0. The van der Waals surface area contributed by atoms with Gasteiger partial charge in [0.2, 0.25) is 11.8 Å². The molecule has 0 aromatic heterocycles. The Bertz CT molecular complexity index is 322. The summed E-state index contributed by atoms with van der Waals surface area (Å²) in [6.45, 7) is 1.34. The molecule has 1 aromatic carbocycles. The molecule has 0 spiro atoms. The molecule has 4 heteroatoms. The van der Waals surface area contributed by atoms with Gasteiger partial charge in [-0.2, -0.15) is 0 Å². The maximum Gasteiger partial charge on any atom is 0.242 e. The van der Waals surface area contributed by atoms with Gasteiger partial charge in [0.15, 0.2) is 0 Å². The molecule has 0 unspecified atom stereocenters. The van der Waals surface area contributed by atoms with Gasteiger partial charge < -0.3 is 0 Å². The molecular weight excluding hydrogens is 180 g/mol. The van der Waals surface area contributed by atoms with Crippen LogP contribution in [0.4, 0.5) is 0 Å². The highest BCUT2D eigenvalue weighted by molar-refractivity contribution is 5.82. The Kier molecular flexibility index (Phi) is 3.67. The van der Waals surface area contributed by atoms with E-state index in [1.165, 1.54) is 6.92 Å². The van der Waals surface area contributed by atoms with Crippen LogP contribution < -0.4 is 10.9 Å². The molecular formula is C10H12N2O2. The van der Waals surface area contributed by atoms with E-state index in [9.17, 15) is 9.59 Å². The molecule has 0 aliphatic heterocycles. The van der Waals surface area contributed by atoms with Gasteiger partial charge in [0.05, 0.1) is 6.42 Å². The van der Waals surface area contributed by atoms with Crippen molar-refractivity contribution in [2.75, 3.05) is 0 Å². The van der Waals surface area contributed by atoms with Crippen molar-refractivity contribution >= 4 is 11.8 Å². The molecule has 4 nitrogen and oxygen atoms in total. The van der Waals surface area contributed by atoms with Crippen LogP contribution in [0.25, 0.3) is 0 Å². The molecule has 2 N–H and O–H groups in total. The van der Waals surface area contributed by atoms with E-state index >= 15 is 0 Å². The number of amides is 2. The number of nitrogens with one attached hydrogen (secondary N) is 2. The fourth-order valence-electron chi connectivity index (χ4n) is 0.983. The van der Waals surface area contributed by atoms with Gasteiger partial charge in [-0.25, -0.2) is 0 Å². The van der Waals surface area contributed by atoms with Crippen molar-refractivity contribution in [2.45, 2.75) is 13.3 Å². The van der Waals surface area contributed by atoms with Crippen LogP contribution in [-0.2, 0) is 16.0 Å². The summed E-state index contributed by atoms with van der Waals surface area (Å²) in [5.41, 5.74) is 5.43. The largest absolute Gasteiger partial charge is 0.274 e. The fraction of sp³-hybridized carbons (Fsp3) is 0.200. The zero-order valence-corrected chi connectivity index (χ0v) is 7.91. The van der Waals surface area contributed by atoms with Gasteiger partial charge in [-0.15, -0.1) is 0 Å². The maximum absolute atomic E-state index is 11.2. The second-order valence-corrected chi connectivity index (χ2v) is 2.89. The molecule has 2 amide bonds. The lowest BCUT2D eigenvalue weighted by molar-refractivity contribution is -0.127. The lowest BCUT2D eigenvalue weighted by Crippen LogP contribution is -2.41. The molecule has 0 saturated heterocycles. The van der Waals surface area contributed by atoms with Crippen molar-refractivity contribution in [1.82, 2.24) is 10.9 Å². The first-order valence-electron chi connectivity index (χ1n) is 4.28. The molecule has 0 saturated carbocycles. The smallest absolute Gasteiger partial charge is 0.242 e. The van der Waals surface area contributed by atoms with Crippen molar-refractivity contribution in [3.63, 3.8) is 0 Å². The molecule has 14 heavy (non-hydrogen) atoms. The summed E-state index contributed by atoms with van der Waals surface area (Å²) in [5.74, 6) is -0.516. The van der Waals surface area contributed by atoms with Crippen LogP contribution >= 0.6 is 0 Å². The third-order valence-corrected chi connectivity index (χ3v) is 1.59. The minimum absolute atomic E-state index is 0.230. The highest BCUT2D eigenvalue weighted by Crippen LogP contribution is 1.98. The van der Waals surface area contributed by atoms with Gasteiger partial charge in [0.25, 0.3) is 0 Å². The van der Waals surface area contributed by atoms with Crippen LogP contribution in [0.15, 0.2) is 30.3 Å². The number of hydrogen-bond donors (Lipinski definition) is 2. The van der Waals surface area contributed by atoms with Crippen LogP contribution in [0.3, 0.4) is 0 Å². The SMILES string of the molecule is CC(=O)NNC(=O)Cc1ccccc1. The minimum atomic E-state index is -0.286.